The number of fused-ring (bicyclic) bond motifs is 6. The fourth-order valence-electron chi connectivity index (χ4n) is 11.1. The lowest BCUT2D eigenvalue weighted by atomic mass is 9.44. The van der Waals surface area contributed by atoms with Crippen molar-refractivity contribution in [3.63, 3.8) is 0 Å². The van der Waals surface area contributed by atoms with Gasteiger partial charge in [0.2, 0.25) is 0 Å². The first-order chi connectivity index (χ1) is 24.0. The van der Waals surface area contributed by atoms with Gasteiger partial charge >= 0.3 is 11.6 Å². The van der Waals surface area contributed by atoms with Crippen molar-refractivity contribution in [2.24, 2.45) is 46.3 Å². The number of allylic oxidation sites excluding steroid dienone is 1. The molecule has 0 saturated heterocycles. The quantitative estimate of drug-likeness (QED) is 0.121. The van der Waals surface area contributed by atoms with Crippen LogP contribution in [0.2, 0.25) is 0 Å². The van der Waals surface area contributed by atoms with Crippen LogP contribution in [0.25, 0.3) is 22.1 Å². The van der Waals surface area contributed by atoms with Crippen LogP contribution in [0.1, 0.15) is 112 Å². The molecule has 50 heavy (non-hydrogen) atoms. The first-order valence-corrected chi connectivity index (χ1v) is 19.7. The molecule has 4 aliphatic carbocycles. The van der Waals surface area contributed by atoms with Gasteiger partial charge in [-0.2, -0.15) is 0 Å². The summed E-state index contributed by atoms with van der Waals surface area (Å²) in [5.41, 5.74) is 3.99. The Morgan fingerprint density at radius 1 is 0.940 bits per heavy atom. The highest BCUT2D eigenvalue weighted by Crippen LogP contribution is 2.65. The zero-order valence-corrected chi connectivity index (χ0v) is 31.0. The van der Waals surface area contributed by atoms with E-state index in [1.807, 2.05) is 42.5 Å². The van der Waals surface area contributed by atoms with Crippen LogP contribution < -0.4 is 10.4 Å². The Labute approximate surface area is 299 Å². The molecule has 5 nitrogen and oxygen atoms in total. The third-order valence-corrected chi connectivity index (χ3v) is 13.9. The summed E-state index contributed by atoms with van der Waals surface area (Å²) in [6, 6.07) is 16.7. The highest BCUT2D eigenvalue weighted by Gasteiger charge is 2.56. The van der Waals surface area contributed by atoms with E-state index in [0.717, 1.165) is 71.3 Å². The fourth-order valence-corrected chi connectivity index (χ4v) is 11.1. The maximum atomic E-state index is 13.0. The lowest BCUT2D eigenvalue weighted by molar-refractivity contribution is -0.154. The Hall–Kier alpha value is -3.34. The number of benzene rings is 2. The van der Waals surface area contributed by atoms with E-state index >= 15 is 0 Å². The molecule has 0 bridgehead atoms. The van der Waals surface area contributed by atoms with E-state index in [1.165, 1.54) is 69.4 Å². The van der Waals surface area contributed by atoms with Crippen molar-refractivity contribution in [2.45, 2.75) is 118 Å². The van der Waals surface area contributed by atoms with Gasteiger partial charge in [-0.1, -0.05) is 95.9 Å². The molecule has 1 aromatic heterocycles. The van der Waals surface area contributed by atoms with Gasteiger partial charge in [-0.05, 0) is 121 Å². The largest absolute Gasteiger partial charge is 0.482 e. The summed E-state index contributed by atoms with van der Waals surface area (Å²) in [6.07, 6.45) is 17.6. The summed E-state index contributed by atoms with van der Waals surface area (Å²) in [6.45, 7) is 12.3. The summed E-state index contributed by atoms with van der Waals surface area (Å²) < 4.78 is 17.4. The van der Waals surface area contributed by atoms with Crippen LogP contribution in [0.15, 0.2) is 75.5 Å². The van der Waals surface area contributed by atoms with Crippen molar-refractivity contribution in [3.8, 4) is 16.9 Å². The summed E-state index contributed by atoms with van der Waals surface area (Å²) >= 11 is 0. The molecule has 8 atom stereocenters. The van der Waals surface area contributed by atoms with Crippen molar-refractivity contribution in [1.82, 2.24) is 0 Å². The lowest BCUT2D eigenvalue weighted by Gasteiger charge is -2.61. The minimum Gasteiger partial charge on any atom is -0.482 e. The van der Waals surface area contributed by atoms with Gasteiger partial charge in [-0.3, -0.25) is 0 Å². The summed E-state index contributed by atoms with van der Waals surface area (Å²) in [5, 5.41) is 0.816. The minimum atomic E-state index is -0.423. The molecule has 3 aromatic rings. The molecule has 0 radical (unpaired) electrons. The predicted molar refractivity (Wildman–Crippen MR) is 201 cm³/mol. The zero-order chi connectivity index (χ0) is 35.0. The van der Waals surface area contributed by atoms with E-state index in [9.17, 15) is 9.59 Å². The van der Waals surface area contributed by atoms with Crippen molar-refractivity contribution < 1.29 is 18.7 Å². The van der Waals surface area contributed by atoms with Crippen molar-refractivity contribution in [2.75, 3.05) is 6.61 Å². The summed E-state index contributed by atoms with van der Waals surface area (Å²) in [4.78, 5) is 25.4. The number of hydrogen-bond acceptors (Lipinski definition) is 5. The van der Waals surface area contributed by atoms with Crippen molar-refractivity contribution in [3.05, 3.63) is 76.7 Å². The van der Waals surface area contributed by atoms with Crippen LogP contribution in [0.5, 0.6) is 5.75 Å². The second-order valence-electron chi connectivity index (χ2n) is 17.4. The predicted octanol–water partition coefficient (Wildman–Crippen LogP) is 11.2. The third kappa shape index (κ3) is 7.08. The molecule has 4 aliphatic rings. The number of esters is 1. The van der Waals surface area contributed by atoms with Crippen LogP contribution in [0.4, 0.5) is 0 Å². The molecular formula is C45H58O5. The van der Waals surface area contributed by atoms with Crippen LogP contribution >= 0.6 is 0 Å². The SMILES string of the molecule is CC(C)CCC[C@H](C)[C@H]1CC[C@H]2[C@H]3CC=C4C[C@@H](OC(=O)COc5ccc6c(-c7ccccc7)cc(=O)oc6c5)CC[C@]4(C)[C@@H]3CC[C@]2(C)C1. The standard InChI is InChI=1S/C45H58O5/c1-29(2)10-9-11-30(3)32-14-19-39-37-17-15-33-24-35(20-23-45(33,5)40(37)21-22-44(39,4)27-32)49-43(47)28-48-34-16-18-36-38(31-12-7-6-8-13-31)26-42(46)50-41(36)25-34/h6-8,12-13,15-16,18,25-26,29-30,32,35,37,39-40H,9-11,14,17,19-24,27-28H2,1-5H3/t30-,32-,35-,37+,39-,40+,44+,45-/m0/s1. The normalized spacial score (nSPS) is 31.2. The monoisotopic (exact) mass is 678 g/mol. The van der Waals surface area contributed by atoms with E-state index in [0.29, 0.717) is 16.7 Å². The number of hydrogen-bond donors (Lipinski definition) is 0. The Bertz CT molecular complexity index is 1750. The smallest absolute Gasteiger partial charge is 0.344 e. The van der Waals surface area contributed by atoms with Gasteiger partial charge < -0.3 is 13.9 Å². The fraction of sp³-hybridized carbons (Fsp3) is 0.600. The molecule has 1 heterocycles. The molecule has 3 saturated carbocycles. The number of rotatable bonds is 10. The van der Waals surface area contributed by atoms with E-state index in [-0.39, 0.29) is 24.1 Å². The molecule has 0 amide bonds. The Morgan fingerprint density at radius 2 is 1.76 bits per heavy atom. The maximum Gasteiger partial charge on any atom is 0.344 e. The van der Waals surface area contributed by atoms with Gasteiger partial charge in [-0.15, -0.1) is 0 Å². The van der Waals surface area contributed by atoms with Crippen LogP contribution in [0.3, 0.4) is 0 Å². The molecular weight excluding hydrogens is 620 g/mol. The van der Waals surface area contributed by atoms with E-state index < -0.39 is 5.63 Å². The van der Waals surface area contributed by atoms with E-state index in [1.54, 1.807) is 6.07 Å². The summed E-state index contributed by atoms with van der Waals surface area (Å²) in [5.74, 6) is 5.07. The first-order valence-electron chi connectivity index (χ1n) is 19.7. The number of ether oxygens (including phenoxy) is 2. The average Bonchev–Trinajstić information content (AvgIpc) is 3.09. The molecule has 0 unspecified atom stereocenters. The second-order valence-corrected chi connectivity index (χ2v) is 17.4. The Balaban J connectivity index is 0.945. The minimum absolute atomic E-state index is 0.105. The molecule has 0 aliphatic heterocycles. The van der Waals surface area contributed by atoms with Gasteiger partial charge in [0, 0.05) is 23.9 Å². The third-order valence-electron chi connectivity index (χ3n) is 13.9. The highest BCUT2D eigenvalue weighted by molar-refractivity contribution is 5.93. The number of carbonyl (C=O) groups excluding carboxylic acids is 1. The molecule has 0 spiro atoms. The van der Waals surface area contributed by atoms with Gasteiger partial charge in [0.25, 0.3) is 0 Å². The molecule has 268 valence electrons. The van der Waals surface area contributed by atoms with Crippen LogP contribution in [-0.4, -0.2) is 18.7 Å². The second kappa shape index (κ2) is 14.4. The topological polar surface area (TPSA) is 65.7 Å². The summed E-state index contributed by atoms with van der Waals surface area (Å²) in [7, 11) is 0. The van der Waals surface area contributed by atoms with Gasteiger partial charge in [0.05, 0.1) is 0 Å². The highest BCUT2D eigenvalue weighted by atomic mass is 16.6. The van der Waals surface area contributed by atoms with Crippen molar-refractivity contribution >= 4 is 16.9 Å². The molecule has 3 fully saturated rings. The molecule has 0 N–H and O–H groups in total. The van der Waals surface area contributed by atoms with Crippen molar-refractivity contribution in [1.29, 1.82) is 0 Å². The van der Waals surface area contributed by atoms with Gasteiger partial charge in [-0.25, -0.2) is 9.59 Å². The van der Waals surface area contributed by atoms with Gasteiger partial charge in [0.15, 0.2) is 6.61 Å². The van der Waals surface area contributed by atoms with E-state index in [4.69, 9.17) is 13.9 Å². The molecule has 5 heteroatoms. The first kappa shape index (κ1) is 35.1. The van der Waals surface area contributed by atoms with Crippen LogP contribution in [-0.2, 0) is 9.53 Å². The maximum absolute atomic E-state index is 13.0. The average molecular weight is 679 g/mol. The molecule has 7 rings (SSSR count). The van der Waals surface area contributed by atoms with E-state index in [2.05, 4.69) is 40.7 Å². The Kier molecular flexibility index (Phi) is 10.1. The van der Waals surface area contributed by atoms with Gasteiger partial charge in [0.1, 0.15) is 17.4 Å². The molecule has 2 aromatic carbocycles. The van der Waals surface area contributed by atoms with Crippen LogP contribution in [0, 0.1) is 46.3 Å². The zero-order valence-electron chi connectivity index (χ0n) is 31.0. The number of carbonyl (C=O) groups is 1. The lowest BCUT2D eigenvalue weighted by Crippen LogP contribution is -2.52. The Morgan fingerprint density at radius 3 is 2.56 bits per heavy atom.